The molecule has 2 nitrogen and oxygen atoms in total. The molecular weight excluding hydrogens is 340 g/mol. The van der Waals surface area contributed by atoms with E-state index in [1.807, 2.05) is 0 Å². The molecule has 0 radical (unpaired) electrons. The number of unbranched alkanes of at least 4 members (excludes halogenated alkanes) is 10. The van der Waals surface area contributed by atoms with Gasteiger partial charge < -0.3 is 0 Å². The van der Waals surface area contributed by atoms with Gasteiger partial charge in [0, 0.05) is 6.42 Å². The molecule has 1 aromatic carbocycles. The van der Waals surface area contributed by atoms with Gasteiger partial charge in [0.2, 0.25) is 0 Å². The number of hydrogen-bond acceptors (Lipinski definition) is 0. The summed E-state index contributed by atoms with van der Waals surface area (Å²) in [5.74, 6) is 1.52. The highest BCUT2D eigenvalue weighted by Gasteiger charge is 2.16. The second kappa shape index (κ2) is 14.4. The molecule has 0 atom stereocenters. The summed E-state index contributed by atoms with van der Waals surface area (Å²) in [5.41, 5.74) is 1.40. The van der Waals surface area contributed by atoms with Crippen molar-refractivity contribution in [2.75, 3.05) is 0 Å². The lowest BCUT2D eigenvalue weighted by atomic mass is 10.1. The molecule has 0 aliphatic rings. The molecule has 28 heavy (non-hydrogen) atoms. The molecule has 0 bridgehead atoms. The van der Waals surface area contributed by atoms with E-state index in [2.05, 4.69) is 65.7 Å². The van der Waals surface area contributed by atoms with Crippen molar-refractivity contribution in [3.8, 4) is 0 Å². The van der Waals surface area contributed by atoms with Gasteiger partial charge >= 0.3 is 0 Å². The van der Waals surface area contributed by atoms with Crippen molar-refractivity contribution in [3.05, 3.63) is 54.1 Å². The molecule has 0 fully saturated rings. The summed E-state index contributed by atoms with van der Waals surface area (Å²) in [5, 5.41) is 0. The predicted octanol–water partition coefficient (Wildman–Crippen LogP) is 7.09. The number of rotatable bonds is 16. The molecule has 2 aromatic rings. The predicted molar refractivity (Wildman–Crippen MR) is 121 cm³/mol. The van der Waals surface area contributed by atoms with Gasteiger partial charge in [-0.15, -0.1) is 0 Å². The molecular formula is C26H43N2+. The number of aryl methyl sites for hydroxylation is 1. The van der Waals surface area contributed by atoms with Crippen LogP contribution in [-0.4, -0.2) is 4.57 Å². The first-order valence-corrected chi connectivity index (χ1v) is 12.0. The van der Waals surface area contributed by atoms with Gasteiger partial charge in [-0.25, -0.2) is 9.13 Å². The Kier molecular flexibility index (Phi) is 11.7. The largest absolute Gasteiger partial charge is 0.256 e. The molecule has 1 heterocycles. The highest BCUT2D eigenvalue weighted by Crippen LogP contribution is 2.11. The normalized spacial score (nSPS) is 11.2. The molecule has 0 aliphatic heterocycles. The van der Waals surface area contributed by atoms with Crippen molar-refractivity contribution >= 4 is 0 Å². The van der Waals surface area contributed by atoms with Crippen LogP contribution in [0.2, 0.25) is 0 Å². The Morgan fingerprint density at radius 3 is 2.00 bits per heavy atom. The van der Waals surface area contributed by atoms with E-state index in [0.717, 1.165) is 6.54 Å². The van der Waals surface area contributed by atoms with Crippen LogP contribution >= 0.6 is 0 Å². The summed E-state index contributed by atoms with van der Waals surface area (Å²) >= 11 is 0. The molecule has 0 spiro atoms. The molecule has 0 saturated carbocycles. The van der Waals surface area contributed by atoms with Crippen LogP contribution in [-0.2, 0) is 19.5 Å². The zero-order valence-electron chi connectivity index (χ0n) is 18.5. The first-order chi connectivity index (χ1) is 13.8. The summed E-state index contributed by atoms with van der Waals surface area (Å²) in [6.45, 7) is 6.76. The fourth-order valence-electron chi connectivity index (χ4n) is 4.04. The third-order valence-corrected chi connectivity index (χ3v) is 5.79. The minimum Gasteiger partial charge on any atom is -0.234 e. The second-order valence-electron chi connectivity index (χ2n) is 8.31. The van der Waals surface area contributed by atoms with Crippen molar-refractivity contribution in [1.82, 2.24) is 4.57 Å². The standard InChI is InChI=1S/C26H43N2/c1-3-5-7-9-11-16-20-26-27(21-17-12-10-8-6-4-2)22-23-28(26)24-25-18-14-13-15-19-25/h13-15,18-19,22-23H,3-12,16-17,20-21,24H2,1-2H3/q+1. The van der Waals surface area contributed by atoms with Crippen LogP contribution < -0.4 is 4.57 Å². The van der Waals surface area contributed by atoms with E-state index in [0.29, 0.717) is 0 Å². The van der Waals surface area contributed by atoms with Crippen molar-refractivity contribution in [2.24, 2.45) is 0 Å². The lowest BCUT2D eigenvalue weighted by Gasteiger charge is -2.07. The van der Waals surface area contributed by atoms with Crippen LogP contribution in [0.3, 0.4) is 0 Å². The van der Waals surface area contributed by atoms with Crippen molar-refractivity contribution in [3.63, 3.8) is 0 Å². The molecule has 2 rings (SSSR count). The van der Waals surface area contributed by atoms with E-state index < -0.39 is 0 Å². The van der Waals surface area contributed by atoms with Gasteiger partial charge in [-0.1, -0.05) is 102 Å². The molecule has 0 aliphatic carbocycles. The summed E-state index contributed by atoms with van der Waals surface area (Å²) in [4.78, 5) is 0. The van der Waals surface area contributed by atoms with Gasteiger partial charge in [0.25, 0.3) is 5.82 Å². The fraction of sp³-hybridized carbons (Fsp3) is 0.654. The van der Waals surface area contributed by atoms with Gasteiger partial charge in [0.15, 0.2) is 0 Å². The van der Waals surface area contributed by atoms with Crippen molar-refractivity contribution in [2.45, 2.75) is 110 Å². The lowest BCUT2D eigenvalue weighted by Crippen LogP contribution is -2.37. The summed E-state index contributed by atoms with van der Waals surface area (Å²) in [6, 6.07) is 10.9. The monoisotopic (exact) mass is 383 g/mol. The van der Waals surface area contributed by atoms with E-state index in [-0.39, 0.29) is 0 Å². The summed E-state index contributed by atoms with van der Waals surface area (Å²) in [6.07, 6.45) is 22.2. The molecule has 2 heteroatoms. The van der Waals surface area contributed by atoms with E-state index >= 15 is 0 Å². The fourth-order valence-corrected chi connectivity index (χ4v) is 4.04. The van der Waals surface area contributed by atoms with Crippen molar-refractivity contribution < 1.29 is 4.57 Å². The Balaban J connectivity index is 1.90. The van der Waals surface area contributed by atoms with Crippen LogP contribution in [0.4, 0.5) is 0 Å². The maximum atomic E-state index is 2.54. The van der Waals surface area contributed by atoms with Crippen LogP contribution in [0.15, 0.2) is 42.7 Å². The van der Waals surface area contributed by atoms with Gasteiger partial charge in [0.05, 0.1) is 6.54 Å². The number of hydrogen-bond donors (Lipinski definition) is 0. The molecule has 156 valence electrons. The van der Waals surface area contributed by atoms with Gasteiger partial charge in [0.1, 0.15) is 18.9 Å². The zero-order chi connectivity index (χ0) is 19.9. The summed E-state index contributed by atoms with van der Waals surface area (Å²) < 4.78 is 5.02. The maximum Gasteiger partial charge on any atom is 0.256 e. The molecule has 0 N–H and O–H groups in total. The quantitative estimate of drug-likeness (QED) is 0.216. The van der Waals surface area contributed by atoms with Gasteiger partial charge in [-0.3, -0.25) is 0 Å². The maximum absolute atomic E-state index is 2.54. The second-order valence-corrected chi connectivity index (χ2v) is 8.31. The van der Waals surface area contributed by atoms with Crippen LogP contribution in [0.25, 0.3) is 0 Å². The lowest BCUT2D eigenvalue weighted by molar-refractivity contribution is -0.704. The average Bonchev–Trinajstić information content (AvgIpc) is 3.09. The van der Waals surface area contributed by atoms with E-state index in [1.54, 1.807) is 0 Å². The Bertz CT molecular complexity index is 615. The Morgan fingerprint density at radius 1 is 0.714 bits per heavy atom. The number of benzene rings is 1. The highest BCUT2D eigenvalue weighted by molar-refractivity contribution is 5.15. The molecule has 0 unspecified atom stereocenters. The SMILES string of the molecule is CCCCCCCCc1n(Cc2ccccc2)cc[n+]1CCCCCCCC. The molecule has 1 aromatic heterocycles. The van der Waals surface area contributed by atoms with Crippen LogP contribution in [0.1, 0.15) is 102 Å². The number of aromatic nitrogens is 2. The van der Waals surface area contributed by atoms with Gasteiger partial charge in [-0.2, -0.15) is 0 Å². The Hall–Kier alpha value is -1.57. The third-order valence-electron chi connectivity index (χ3n) is 5.79. The molecule has 0 saturated heterocycles. The van der Waals surface area contributed by atoms with E-state index in [9.17, 15) is 0 Å². The van der Waals surface area contributed by atoms with Crippen LogP contribution in [0.5, 0.6) is 0 Å². The Morgan fingerprint density at radius 2 is 1.32 bits per heavy atom. The smallest absolute Gasteiger partial charge is 0.234 e. The first-order valence-electron chi connectivity index (χ1n) is 12.0. The first kappa shape index (κ1) is 22.7. The minimum absolute atomic E-state index is 0.996. The molecule has 0 amide bonds. The number of imidazole rings is 1. The number of nitrogens with zero attached hydrogens (tertiary/aromatic N) is 2. The average molecular weight is 384 g/mol. The minimum atomic E-state index is 0.996. The van der Waals surface area contributed by atoms with Gasteiger partial charge in [-0.05, 0) is 24.8 Å². The third kappa shape index (κ3) is 8.63. The highest BCUT2D eigenvalue weighted by atomic mass is 15.1. The zero-order valence-corrected chi connectivity index (χ0v) is 18.5. The van der Waals surface area contributed by atoms with E-state index in [4.69, 9.17) is 0 Å². The van der Waals surface area contributed by atoms with E-state index in [1.165, 1.54) is 101 Å². The van der Waals surface area contributed by atoms with Crippen LogP contribution in [0, 0.1) is 0 Å². The topological polar surface area (TPSA) is 8.81 Å². The Labute approximate surface area is 174 Å². The van der Waals surface area contributed by atoms with Crippen molar-refractivity contribution in [1.29, 1.82) is 0 Å². The summed E-state index contributed by atoms with van der Waals surface area (Å²) in [7, 11) is 0.